The van der Waals surface area contributed by atoms with E-state index in [2.05, 4.69) is 4.99 Å². The molecule has 414 valence electrons. The van der Waals surface area contributed by atoms with Crippen molar-refractivity contribution in [3.05, 3.63) is 29.3 Å². The largest absolute Gasteiger partial charge is 0.460 e. The van der Waals surface area contributed by atoms with E-state index in [-0.39, 0.29) is 12.5 Å². The summed E-state index contributed by atoms with van der Waals surface area (Å²) in [5, 5.41) is 1.16. The van der Waals surface area contributed by atoms with Gasteiger partial charge in [-0.15, -0.1) is 0 Å². The van der Waals surface area contributed by atoms with Crippen molar-refractivity contribution in [2.45, 2.75) is 133 Å². The van der Waals surface area contributed by atoms with Gasteiger partial charge in [0.25, 0.3) is 5.91 Å². The van der Waals surface area contributed by atoms with Crippen molar-refractivity contribution < 1.29 is 172 Å². The first-order valence-corrected chi connectivity index (χ1v) is 16.5. The van der Waals surface area contributed by atoms with Crippen molar-refractivity contribution in [3.8, 4) is 0 Å². The van der Waals surface area contributed by atoms with Crippen molar-refractivity contribution in [2.24, 2.45) is 4.99 Å². The van der Waals surface area contributed by atoms with Crippen molar-refractivity contribution in [1.29, 1.82) is 0 Å². The average Bonchev–Trinajstić information content (AvgIpc) is 3.16. The van der Waals surface area contributed by atoms with Gasteiger partial charge in [-0.05, 0) is 31.5 Å². The zero-order valence-electron chi connectivity index (χ0n) is 32.3. The molecule has 1 N–H and O–H groups in total. The molecule has 1 aromatic rings. The van der Waals surface area contributed by atoms with E-state index < -0.39 is 136 Å². The van der Waals surface area contributed by atoms with Crippen LogP contribution >= 0.6 is 0 Å². The Hall–Kier alpha value is -4.52. The van der Waals surface area contributed by atoms with Crippen molar-refractivity contribution >= 4 is 17.7 Å². The molecular formula is C30H13F37N2O2. The lowest BCUT2D eigenvalue weighted by Gasteiger charge is -2.47. The van der Waals surface area contributed by atoms with Gasteiger partial charge in [-0.3, -0.25) is 4.79 Å². The number of rotatable bonds is 21. The molecule has 1 amide bonds. The van der Waals surface area contributed by atoms with Crippen molar-refractivity contribution in [2.75, 3.05) is 0 Å². The molecule has 0 saturated heterocycles. The normalized spacial score (nSPS) is 16.4. The molecule has 1 rings (SSSR count). The van der Waals surface area contributed by atoms with Crippen LogP contribution in [-0.4, -0.2) is 125 Å². The summed E-state index contributed by atoms with van der Waals surface area (Å²) in [7, 11) is 0. The number of nitrogens with zero attached hydrogens (tertiary/aromatic N) is 1. The van der Waals surface area contributed by atoms with Gasteiger partial charge in [0.1, 0.15) is 0 Å². The van der Waals surface area contributed by atoms with E-state index in [1.165, 1.54) is 0 Å². The average molecular weight is 1140 g/mol. The van der Waals surface area contributed by atoms with Gasteiger partial charge in [0.05, 0.1) is 5.69 Å². The molecule has 1 unspecified atom stereocenters. The molecule has 0 aromatic heterocycles. The van der Waals surface area contributed by atoms with Crippen LogP contribution in [0.1, 0.15) is 29.3 Å². The Balaban J connectivity index is 3.94. The standard InChI is InChI=1S/C30H13F37N2O2/c1-8-3-4-10(5-11(8)68-7-70)12(71)69-9(2)6-13(31,32)14(33,34)15(35,36)16(37,38)17(39,40)18(41,42)19(43,44)20(45,46)21(47,48)22(49,50)23(51,52)24(53,54)25(55,56)26(57,58)27(59,60)28(61,62)29(63,64)30(65,66)67/h3-5,9H,6H2,1-2H3,(H,69,71). The van der Waals surface area contributed by atoms with Crippen LogP contribution in [0, 0.1) is 6.92 Å². The van der Waals surface area contributed by atoms with Gasteiger partial charge in [0.15, 0.2) is 0 Å². The second kappa shape index (κ2) is 17.3. The van der Waals surface area contributed by atoms with Crippen LogP contribution < -0.4 is 5.32 Å². The fraction of sp³-hybridized carbons (Fsp3) is 0.733. The third-order valence-electron chi connectivity index (χ3n) is 9.31. The predicted molar refractivity (Wildman–Crippen MR) is 151 cm³/mol. The van der Waals surface area contributed by atoms with E-state index in [4.69, 9.17) is 0 Å². The third-order valence-corrected chi connectivity index (χ3v) is 9.31. The number of alkyl halides is 37. The highest BCUT2D eigenvalue weighted by Crippen LogP contribution is 2.70. The Morgan fingerprint density at radius 3 is 0.915 bits per heavy atom. The Bertz CT molecular complexity index is 2180. The molecule has 0 fully saturated rings. The quantitative estimate of drug-likeness (QED) is 0.0758. The SMILES string of the molecule is Cc1ccc(C(=O)NC(C)CC(F)(F)C(F)(F)C(F)(F)C(F)(F)C(F)(F)C(F)(F)C(F)(F)C(F)(F)C(F)(F)C(F)(F)C(F)(F)C(F)(F)C(F)(F)C(F)(F)C(F)(F)C(F)(F)C(F)(F)C(F)(F)F)cc1N=C=O. The van der Waals surface area contributed by atoms with E-state index in [1.807, 2.05) is 0 Å². The van der Waals surface area contributed by atoms with E-state index in [0.717, 1.165) is 24.4 Å². The van der Waals surface area contributed by atoms with Crippen molar-refractivity contribution in [1.82, 2.24) is 5.32 Å². The molecule has 0 spiro atoms. The summed E-state index contributed by atoms with van der Waals surface area (Å²) in [4.78, 5) is 25.7. The lowest BCUT2D eigenvalue weighted by atomic mass is 9.82. The molecule has 0 aliphatic carbocycles. The van der Waals surface area contributed by atoms with Crippen LogP contribution in [-0.2, 0) is 4.79 Å². The van der Waals surface area contributed by atoms with Gasteiger partial charge < -0.3 is 5.32 Å². The number of aliphatic imine (C=N–C) groups is 1. The first kappa shape index (κ1) is 64.5. The number of hydrogen-bond acceptors (Lipinski definition) is 3. The van der Waals surface area contributed by atoms with Crippen LogP contribution in [0.5, 0.6) is 0 Å². The highest BCUT2D eigenvalue weighted by atomic mass is 19.4. The molecule has 0 bridgehead atoms. The maximum Gasteiger partial charge on any atom is 0.460 e. The summed E-state index contributed by atoms with van der Waals surface area (Å²) in [5.74, 6) is -168. The van der Waals surface area contributed by atoms with Crippen molar-refractivity contribution in [3.63, 3.8) is 0 Å². The summed E-state index contributed by atoms with van der Waals surface area (Å²) >= 11 is 0. The number of carbonyl (C=O) groups excluding carboxylic acids is 2. The molecule has 71 heavy (non-hydrogen) atoms. The summed E-state index contributed by atoms with van der Waals surface area (Å²) in [5.41, 5.74) is -1.36. The van der Waals surface area contributed by atoms with E-state index in [9.17, 15) is 172 Å². The number of amides is 1. The van der Waals surface area contributed by atoms with Crippen LogP contribution in [0.15, 0.2) is 23.2 Å². The minimum absolute atomic E-state index is 0.00173. The van der Waals surface area contributed by atoms with E-state index in [1.54, 1.807) is 0 Å². The van der Waals surface area contributed by atoms with Crippen LogP contribution in [0.4, 0.5) is 168 Å². The minimum atomic E-state index is -10.5. The molecule has 1 atom stereocenters. The Morgan fingerprint density at radius 2 is 0.676 bits per heavy atom. The van der Waals surface area contributed by atoms with Crippen LogP contribution in [0.25, 0.3) is 0 Å². The van der Waals surface area contributed by atoms with Gasteiger partial charge >= 0.3 is 107 Å². The lowest BCUT2D eigenvalue weighted by Crippen LogP contribution is -2.80. The highest BCUT2D eigenvalue weighted by molar-refractivity contribution is 5.95. The second-order valence-electron chi connectivity index (χ2n) is 14.2. The van der Waals surface area contributed by atoms with Gasteiger partial charge in [-0.25, -0.2) is 4.79 Å². The molecule has 4 nitrogen and oxygen atoms in total. The Morgan fingerprint density at radius 1 is 0.437 bits per heavy atom. The van der Waals surface area contributed by atoms with Gasteiger partial charge in [-0.1, -0.05) is 6.07 Å². The number of benzene rings is 1. The molecule has 0 heterocycles. The smallest absolute Gasteiger partial charge is 0.349 e. The zero-order chi connectivity index (χ0) is 57.8. The van der Waals surface area contributed by atoms with Gasteiger partial charge in [0, 0.05) is 18.0 Å². The molecular weight excluding hydrogens is 1120 g/mol. The molecule has 0 aliphatic rings. The van der Waals surface area contributed by atoms with Gasteiger partial charge in [0.2, 0.25) is 6.08 Å². The maximum atomic E-state index is 14.5. The second-order valence-corrected chi connectivity index (χ2v) is 14.2. The summed E-state index contributed by atoms with van der Waals surface area (Å²) < 4.78 is 514. The number of aryl methyl sites for hydroxylation is 1. The van der Waals surface area contributed by atoms with E-state index in [0.29, 0.717) is 12.1 Å². The first-order valence-electron chi connectivity index (χ1n) is 16.5. The fourth-order valence-electron chi connectivity index (χ4n) is 4.96. The number of hydrogen-bond donors (Lipinski definition) is 1. The summed E-state index contributed by atoms with van der Waals surface area (Å²) in [6, 6.07) is -0.870. The Labute approximate surface area is 363 Å². The topological polar surface area (TPSA) is 58.5 Å². The molecule has 1 aromatic carbocycles. The van der Waals surface area contributed by atoms with E-state index >= 15 is 0 Å². The predicted octanol–water partition coefficient (Wildman–Crippen LogP) is 13.8. The van der Waals surface area contributed by atoms with Crippen LogP contribution in [0.3, 0.4) is 0 Å². The molecule has 0 aliphatic heterocycles. The van der Waals surface area contributed by atoms with Gasteiger partial charge in [-0.2, -0.15) is 167 Å². The number of nitrogens with one attached hydrogen (secondary N) is 1. The minimum Gasteiger partial charge on any atom is -0.349 e. The van der Waals surface area contributed by atoms with Crippen LogP contribution in [0.2, 0.25) is 0 Å². The number of halogens is 37. The Kier molecular flexibility index (Phi) is 15.7. The highest BCUT2D eigenvalue weighted by Gasteiger charge is 3.02. The summed E-state index contributed by atoms with van der Waals surface area (Å²) in [6.45, 7) is 1.13. The summed E-state index contributed by atoms with van der Waals surface area (Å²) in [6.07, 6.45) is -11.0. The fourth-order valence-corrected chi connectivity index (χ4v) is 4.96. The first-order chi connectivity index (χ1) is 30.5. The molecule has 41 heteroatoms. The monoisotopic (exact) mass is 1140 g/mol. The maximum absolute atomic E-state index is 14.5. The third kappa shape index (κ3) is 8.38. The lowest BCUT2D eigenvalue weighted by molar-refractivity contribution is -0.493. The molecule has 0 radical (unpaired) electrons. The molecule has 0 saturated carbocycles. The number of carbonyl (C=O) groups is 1. The number of isocyanates is 1. The zero-order valence-corrected chi connectivity index (χ0v) is 32.3.